The number of fused-ring (bicyclic) bond motifs is 1. The Balaban J connectivity index is 2.16. The van der Waals surface area contributed by atoms with Crippen molar-refractivity contribution in [1.29, 1.82) is 0 Å². The van der Waals surface area contributed by atoms with E-state index < -0.39 is 36.8 Å². The number of aliphatic hydroxyl groups is 2. The normalized spacial score (nSPS) is 32.2. The molecule has 0 saturated carbocycles. The fourth-order valence-electron chi connectivity index (χ4n) is 3.20. The van der Waals surface area contributed by atoms with E-state index in [9.17, 15) is 19.0 Å². The van der Waals surface area contributed by atoms with Crippen LogP contribution in [-0.2, 0) is 10.3 Å². The van der Waals surface area contributed by atoms with Crippen molar-refractivity contribution in [2.24, 2.45) is 5.92 Å². The van der Waals surface area contributed by atoms with Crippen LogP contribution in [0.15, 0.2) is 24.4 Å². The Hall–Kier alpha value is -1.77. The van der Waals surface area contributed by atoms with Gasteiger partial charge in [-0.3, -0.25) is 0 Å². The van der Waals surface area contributed by atoms with Crippen LogP contribution in [0.5, 0.6) is 0 Å². The zero-order valence-electron chi connectivity index (χ0n) is 11.9. The van der Waals surface area contributed by atoms with E-state index in [2.05, 4.69) is 5.10 Å². The van der Waals surface area contributed by atoms with Crippen molar-refractivity contribution in [3.8, 4) is 0 Å². The summed E-state index contributed by atoms with van der Waals surface area (Å²) in [5, 5.41) is 23.4. The van der Waals surface area contributed by atoms with Crippen LogP contribution in [0.2, 0.25) is 0 Å². The molecule has 1 aliphatic rings. The standard InChI is InChI=1S/C14H17F2N3O3/c1-14(11(13(15)16)12(21)9(6-20)22-14)10-3-2-8-7(17)4-5-18-19(8)10/h2-5,9,11-13,20-21H,6,17H2,1H3/t9-,11-,12?,14+/m1/s1. The molecule has 0 radical (unpaired) electrons. The van der Waals surface area contributed by atoms with E-state index in [0.717, 1.165) is 0 Å². The van der Waals surface area contributed by atoms with E-state index >= 15 is 0 Å². The van der Waals surface area contributed by atoms with Crippen molar-refractivity contribution in [3.05, 3.63) is 30.1 Å². The van der Waals surface area contributed by atoms with Gasteiger partial charge in [-0.1, -0.05) is 0 Å². The number of ether oxygens (including phenoxy) is 1. The maximum Gasteiger partial charge on any atom is 0.247 e. The third-order valence-corrected chi connectivity index (χ3v) is 4.33. The Kier molecular flexibility index (Phi) is 3.54. The summed E-state index contributed by atoms with van der Waals surface area (Å²) in [6.45, 7) is 0.925. The molecule has 1 unspecified atom stereocenters. The third-order valence-electron chi connectivity index (χ3n) is 4.33. The topological polar surface area (TPSA) is 93.0 Å². The second-order valence-electron chi connectivity index (χ2n) is 5.60. The summed E-state index contributed by atoms with van der Waals surface area (Å²) in [6.07, 6.45) is -3.90. The minimum atomic E-state index is -2.82. The lowest BCUT2D eigenvalue weighted by Crippen LogP contribution is -2.39. The van der Waals surface area contributed by atoms with Crippen molar-refractivity contribution in [2.75, 3.05) is 12.3 Å². The summed E-state index contributed by atoms with van der Waals surface area (Å²) in [5.41, 5.74) is 5.73. The van der Waals surface area contributed by atoms with Gasteiger partial charge in [0.2, 0.25) is 6.43 Å². The number of anilines is 1. The molecule has 3 heterocycles. The van der Waals surface area contributed by atoms with Crippen LogP contribution >= 0.6 is 0 Å². The SMILES string of the molecule is C[C@@]1(c2ccc3c(N)ccnn23)O[C@H](CO)C(O)[C@@H]1C(F)F. The molecule has 120 valence electrons. The number of aliphatic hydroxyl groups excluding tert-OH is 2. The van der Waals surface area contributed by atoms with Crippen LogP contribution in [0.1, 0.15) is 12.6 Å². The Morgan fingerprint density at radius 1 is 1.45 bits per heavy atom. The smallest absolute Gasteiger partial charge is 0.247 e. The van der Waals surface area contributed by atoms with Crippen LogP contribution in [0.3, 0.4) is 0 Å². The molecule has 1 aliphatic heterocycles. The largest absolute Gasteiger partial charge is 0.397 e. The Morgan fingerprint density at radius 3 is 2.82 bits per heavy atom. The molecule has 6 nitrogen and oxygen atoms in total. The van der Waals surface area contributed by atoms with E-state index in [1.165, 1.54) is 17.6 Å². The second-order valence-corrected chi connectivity index (χ2v) is 5.60. The molecule has 1 fully saturated rings. The van der Waals surface area contributed by atoms with Gasteiger partial charge in [0, 0.05) is 6.20 Å². The molecule has 2 aromatic rings. The van der Waals surface area contributed by atoms with Gasteiger partial charge in [0.25, 0.3) is 0 Å². The average molecular weight is 313 g/mol. The minimum Gasteiger partial charge on any atom is -0.397 e. The molecule has 3 rings (SSSR count). The molecule has 4 N–H and O–H groups in total. The van der Waals surface area contributed by atoms with Gasteiger partial charge in [-0.2, -0.15) is 5.10 Å². The predicted octanol–water partition coefficient (Wildman–Crippen LogP) is 0.765. The first-order valence-electron chi connectivity index (χ1n) is 6.87. The number of nitrogens with zero attached hydrogens (tertiary/aromatic N) is 2. The van der Waals surface area contributed by atoms with Gasteiger partial charge in [0.05, 0.1) is 35.5 Å². The fourth-order valence-corrected chi connectivity index (χ4v) is 3.20. The highest BCUT2D eigenvalue weighted by atomic mass is 19.3. The van der Waals surface area contributed by atoms with Crippen LogP contribution < -0.4 is 5.73 Å². The first-order chi connectivity index (χ1) is 10.4. The number of hydrogen-bond acceptors (Lipinski definition) is 5. The Labute approximate surface area is 125 Å². The van der Waals surface area contributed by atoms with Gasteiger partial charge >= 0.3 is 0 Å². The Bertz CT molecular complexity index is 693. The van der Waals surface area contributed by atoms with Crippen LogP contribution in [0.25, 0.3) is 5.52 Å². The zero-order valence-corrected chi connectivity index (χ0v) is 11.9. The molecule has 0 spiro atoms. The van der Waals surface area contributed by atoms with Crippen molar-refractivity contribution in [2.45, 2.75) is 31.2 Å². The highest BCUT2D eigenvalue weighted by molar-refractivity contribution is 5.69. The number of alkyl halides is 2. The molecule has 22 heavy (non-hydrogen) atoms. The summed E-state index contributed by atoms with van der Waals surface area (Å²) in [5.74, 6) is -1.48. The molecule has 0 aromatic carbocycles. The average Bonchev–Trinajstić information content (AvgIpc) is 3.00. The lowest BCUT2D eigenvalue weighted by atomic mass is 9.84. The van der Waals surface area contributed by atoms with E-state index in [1.54, 1.807) is 18.2 Å². The van der Waals surface area contributed by atoms with Gasteiger partial charge < -0.3 is 20.7 Å². The van der Waals surface area contributed by atoms with Crippen molar-refractivity contribution in [1.82, 2.24) is 9.61 Å². The number of rotatable bonds is 3. The first kappa shape index (κ1) is 15.1. The van der Waals surface area contributed by atoms with E-state index in [4.69, 9.17) is 10.5 Å². The fraction of sp³-hybridized carbons (Fsp3) is 0.500. The van der Waals surface area contributed by atoms with E-state index in [0.29, 0.717) is 16.9 Å². The van der Waals surface area contributed by atoms with Gasteiger partial charge in [-0.25, -0.2) is 13.3 Å². The van der Waals surface area contributed by atoms with Gasteiger partial charge in [0.1, 0.15) is 11.7 Å². The molecular formula is C14H17F2N3O3. The minimum absolute atomic E-state index is 0.357. The lowest BCUT2D eigenvalue weighted by Gasteiger charge is -2.30. The summed E-state index contributed by atoms with van der Waals surface area (Å²) in [6, 6.07) is 4.86. The molecular weight excluding hydrogens is 296 g/mol. The number of aromatic nitrogens is 2. The quantitative estimate of drug-likeness (QED) is 0.778. The number of nitrogen functional groups attached to an aromatic ring is 1. The van der Waals surface area contributed by atoms with Gasteiger partial charge in [0.15, 0.2) is 0 Å². The van der Waals surface area contributed by atoms with Crippen LogP contribution in [0, 0.1) is 5.92 Å². The molecule has 8 heteroatoms. The Morgan fingerprint density at radius 2 is 2.18 bits per heavy atom. The number of halogens is 2. The first-order valence-corrected chi connectivity index (χ1v) is 6.87. The number of hydrogen-bond donors (Lipinski definition) is 3. The molecule has 1 saturated heterocycles. The summed E-state index contributed by atoms with van der Waals surface area (Å²) < 4.78 is 34.0. The predicted molar refractivity (Wildman–Crippen MR) is 74.4 cm³/mol. The summed E-state index contributed by atoms with van der Waals surface area (Å²) in [7, 11) is 0. The van der Waals surface area contributed by atoms with E-state index in [1.807, 2.05) is 0 Å². The highest BCUT2D eigenvalue weighted by Gasteiger charge is 2.57. The van der Waals surface area contributed by atoms with Crippen molar-refractivity contribution < 1.29 is 23.7 Å². The number of nitrogens with two attached hydrogens (primary N) is 1. The lowest BCUT2D eigenvalue weighted by molar-refractivity contribution is -0.0935. The van der Waals surface area contributed by atoms with E-state index in [-0.39, 0.29) is 0 Å². The second kappa shape index (κ2) is 5.15. The van der Waals surface area contributed by atoms with Crippen LogP contribution in [-0.4, -0.2) is 45.1 Å². The molecule has 0 aliphatic carbocycles. The van der Waals surface area contributed by atoms with Gasteiger partial charge in [-0.05, 0) is 25.1 Å². The third kappa shape index (κ3) is 1.98. The summed E-state index contributed by atoms with van der Waals surface area (Å²) >= 11 is 0. The maximum absolute atomic E-state index is 13.5. The highest BCUT2D eigenvalue weighted by Crippen LogP contribution is 2.47. The van der Waals surface area contributed by atoms with Crippen molar-refractivity contribution in [3.63, 3.8) is 0 Å². The monoisotopic (exact) mass is 313 g/mol. The molecule has 2 aromatic heterocycles. The zero-order chi connectivity index (χ0) is 16.1. The summed E-state index contributed by atoms with van der Waals surface area (Å²) in [4.78, 5) is 0. The molecule has 4 atom stereocenters. The van der Waals surface area contributed by atoms with Gasteiger partial charge in [-0.15, -0.1) is 0 Å². The molecule has 0 bridgehead atoms. The maximum atomic E-state index is 13.5. The molecule has 0 amide bonds. The van der Waals surface area contributed by atoms with Crippen LogP contribution in [0.4, 0.5) is 14.5 Å². The van der Waals surface area contributed by atoms with Crippen molar-refractivity contribution >= 4 is 11.2 Å².